The van der Waals surface area contributed by atoms with Gasteiger partial charge in [0.2, 0.25) is 0 Å². The Kier molecular flexibility index (Phi) is 6.02. The van der Waals surface area contributed by atoms with Crippen molar-refractivity contribution in [3.8, 4) is 0 Å². The topological polar surface area (TPSA) is 15.3 Å². The molecule has 0 spiro atoms. The Bertz CT molecular complexity index is 365. The number of hydrogen-bond acceptors (Lipinski definition) is 2. The molecule has 0 aliphatic rings. The summed E-state index contributed by atoms with van der Waals surface area (Å²) in [7, 11) is 4.22. The molecule has 0 bridgehead atoms. The summed E-state index contributed by atoms with van der Waals surface area (Å²) in [6.45, 7) is 11.1. The Morgan fingerprint density at radius 3 is 2.21 bits per heavy atom. The molecule has 2 heteroatoms. The summed E-state index contributed by atoms with van der Waals surface area (Å²) in [5.74, 6) is 0.619. The SMILES string of the molecule is CNC(C)(C)CN(C)CCc1ccc(C(C)C)cc1. The Labute approximate surface area is 119 Å². The van der Waals surface area contributed by atoms with E-state index in [0.29, 0.717) is 5.92 Å². The van der Waals surface area contributed by atoms with Gasteiger partial charge in [0.05, 0.1) is 0 Å². The summed E-state index contributed by atoms with van der Waals surface area (Å²) in [5, 5.41) is 3.35. The second-order valence-corrected chi connectivity index (χ2v) is 6.52. The zero-order valence-electron chi connectivity index (χ0n) is 13.5. The smallest absolute Gasteiger partial charge is 0.0249 e. The third-order valence-electron chi connectivity index (χ3n) is 3.77. The number of benzene rings is 1. The van der Waals surface area contributed by atoms with Crippen LogP contribution < -0.4 is 5.32 Å². The van der Waals surface area contributed by atoms with Gasteiger partial charge >= 0.3 is 0 Å². The largest absolute Gasteiger partial charge is 0.314 e. The van der Waals surface area contributed by atoms with Crippen molar-refractivity contribution in [2.45, 2.75) is 45.6 Å². The molecule has 0 amide bonds. The Balaban J connectivity index is 2.44. The van der Waals surface area contributed by atoms with Crippen LogP contribution in [-0.4, -0.2) is 37.6 Å². The molecule has 0 saturated carbocycles. The van der Waals surface area contributed by atoms with Crippen LogP contribution in [0.5, 0.6) is 0 Å². The van der Waals surface area contributed by atoms with Gasteiger partial charge in [0.25, 0.3) is 0 Å². The van der Waals surface area contributed by atoms with E-state index in [2.05, 4.69) is 69.2 Å². The van der Waals surface area contributed by atoms with Gasteiger partial charge in [-0.1, -0.05) is 38.1 Å². The molecule has 0 unspecified atom stereocenters. The normalized spacial score (nSPS) is 12.4. The van der Waals surface area contributed by atoms with E-state index in [-0.39, 0.29) is 5.54 Å². The first kappa shape index (κ1) is 16.2. The van der Waals surface area contributed by atoms with Crippen LogP contribution in [0, 0.1) is 0 Å². The highest BCUT2D eigenvalue weighted by Gasteiger charge is 2.16. The average molecular weight is 262 g/mol. The molecule has 0 atom stereocenters. The van der Waals surface area contributed by atoms with E-state index in [9.17, 15) is 0 Å². The van der Waals surface area contributed by atoms with Gasteiger partial charge in [-0.3, -0.25) is 0 Å². The number of rotatable bonds is 7. The monoisotopic (exact) mass is 262 g/mol. The summed E-state index contributed by atoms with van der Waals surface area (Å²) < 4.78 is 0. The van der Waals surface area contributed by atoms with E-state index in [0.717, 1.165) is 19.5 Å². The molecule has 1 rings (SSSR count). The summed E-state index contributed by atoms with van der Waals surface area (Å²) in [5.41, 5.74) is 3.03. The summed E-state index contributed by atoms with van der Waals surface area (Å²) in [4.78, 5) is 2.40. The van der Waals surface area contributed by atoms with Crippen molar-refractivity contribution < 1.29 is 0 Å². The molecule has 0 aliphatic heterocycles. The first-order valence-corrected chi connectivity index (χ1v) is 7.30. The van der Waals surface area contributed by atoms with Crippen LogP contribution in [0.15, 0.2) is 24.3 Å². The van der Waals surface area contributed by atoms with Crippen LogP contribution in [0.1, 0.15) is 44.7 Å². The van der Waals surface area contributed by atoms with E-state index in [1.54, 1.807) is 0 Å². The van der Waals surface area contributed by atoms with Crippen molar-refractivity contribution in [2.24, 2.45) is 0 Å². The second kappa shape index (κ2) is 7.06. The standard InChI is InChI=1S/C17H30N2/c1-14(2)16-9-7-15(8-10-16)11-12-19(6)13-17(3,4)18-5/h7-10,14,18H,11-13H2,1-6H3. The highest BCUT2D eigenvalue weighted by atomic mass is 15.1. The van der Waals surface area contributed by atoms with E-state index < -0.39 is 0 Å². The van der Waals surface area contributed by atoms with Gasteiger partial charge in [-0.15, -0.1) is 0 Å². The fourth-order valence-corrected chi connectivity index (χ4v) is 2.22. The lowest BCUT2D eigenvalue weighted by molar-refractivity contribution is 0.246. The molecule has 19 heavy (non-hydrogen) atoms. The highest BCUT2D eigenvalue weighted by Crippen LogP contribution is 2.15. The molecular weight excluding hydrogens is 232 g/mol. The minimum Gasteiger partial charge on any atom is -0.314 e. The molecule has 0 saturated heterocycles. The van der Waals surface area contributed by atoms with Crippen molar-refractivity contribution in [2.75, 3.05) is 27.2 Å². The van der Waals surface area contributed by atoms with Crippen molar-refractivity contribution in [3.63, 3.8) is 0 Å². The Morgan fingerprint density at radius 2 is 1.74 bits per heavy atom. The molecule has 0 aliphatic carbocycles. The Hall–Kier alpha value is -0.860. The minimum absolute atomic E-state index is 0.177. The maximum Gasteiger partial charge on any atom is 0.0249 e. The summed E-state index contributed by atoms with van der Waals surface area (Å²) in [6.07, 6.45) is 1.12. The second-order valence-electron chi connectivity index (χ2n) is 6.52. The van der Waals surface area contributed by atoms with Crippen LogP contribution in [0.3, 0.4) is 0 Å². The Morgan fingerprint density at radius 1 is 1.16 bits per heavy atom. The van der Waals surface area contributed by atoms with E-state index >= 15 is 0 Å². The quantitative estimate of drug-likeness (QED) is 0.811. The van der Waals surface area contributed by atoms with Crippen LogP contribution in [0.2, 0.25) is 0 Å². The van der Waals surface area contributed by atoms with Crippen LogP contribution in [0.25, 0.3) is 0 Å². The maximum absolute atomic E-state index is 3.35. The number of hydrogen-bond donors (Lipinski definition) is 1. The maximum atomic E-state index is 3.35. The van der Waals surface area contributed by atoms with Gasteiger partial charge in [0, 0.05) is 18.6 Å². The number of likely N-dealkylation sites (N-methyl/N-ethyl adjacent to an activating group) is 2. The lowest BCUT2D eigenvalue weighted by Gasteiger charge is -2.30. The van der Waals surface area contributed by atoms with Crippen molar-refractivity contribution in [3.05, 3.63) is 35.4 Å². The highest BCUT2D eigenvalue weighted by molar-refractivity contribution is 5.24. The zero-order chi connectivity index (χ0) is 14.5. The number of nitrogens with zero attached hydrogens (tertiary/aromatic N) is 1. The zero-order valence-corrected chi connectivity index (χ0v) is 13.5. The van der Waals surface area contributed by atoms with Crippen molar-refractivity contribution >= 4 is 0 Å². The summed E-state index contributed by atoms with van der Waals surface area (Å²) >= 11 is 0. The predicted molar refractivity (Wildman–Crippen MR) is 84.9 cm³/mol. The van der Waals surface area contributed by atoms with E-state index in [1.165, 1.54) is 11.1 Å². The molecule has 1 aromatic rings. The van der Waals surface area contributed by atoms with Crippen LogP contribution in [-0.2, 0) is 6.42 Å². The first-order valence-electron chi connectivity index (χ1n) is 7.30. The van der Waals surface area contributed by atoms with Gasteiger partial charge in [0.15, 0.2) is 0 Å². The average Bonchev–Trinajstić information content (AvgIpc) is 2.36. The van der Waals surface area contributed by atoms with Gasteiger partial charge in [-0.2, -0.15) is 0 Å². The molecule has 1 N–H and O–H groups in total. The van der Waals surface area contributed by atoms with E-state index in [4.69, 9.17) is 0 Å². The minimum atomic E-state index is 0.177. The van der Waals surface area contributed by atoms with Crippen LogP contribution in [0.4, 0.5) is 0 Å². The summed E-state index contributed by atoms with van der Waals surface area (Å²) in [6, 6.07) is 9.06. The molecular formula is C17H30N2. The first-order chi connectivity index (χ1) is 8.84. The third kappa shape index (κ3) is 5.75. The van der Waals surface area contributed by atoms with Gasteiger partial charge < -0.3 is 10.2 Å². The van der Waals surface area contributed by atoms with Crippen LogP contribution >= 0.6 is 0 Å². The molecule has 0 aromatic heterocycles. The van der Waals surface area contributed by atoms with Gasteiger partial charge in [-0.25, -0.2) is 0 Å². The third-order valence-corrected chi connectivity index (χ3v) is 3.77. The molecule has 0 fully saturated rings. The lowest BCUT2D eigenvalue weighted by Crippen LogP contribution is -2.46. The molecule has 108 valence electrons. The molecule has 1 aromatic carbocycles. The van der Waals surface area contributed by atoms with Gasteiger partial charge in [-0.05, 0) is 51.4 Å². The fourth-order valence-electron chi connectivity index (χ4n) is 2.22. The van der Waals surface area contributed by atoms with E-state index in [1.807, 2.05) is 7.05 Å². The molecule has 0 heterocycles. The van der Waals surface area contributed by atoms with Crippen molar-refractivity contribution in [1.82, 2.24) is 10.2 Å². The molecule has 0 radical (unpaired) electrons. The molecule has 2 nitrogen and oxygen atoms in total. The predicted octanol–water partition coefficient (Wildman–Crippen LogP) is 3.28. The van der Waals surface area contributed by atoms with Crippen molar-refractivity contribution in [1.29, 1.82) is 0 Å². The number of nitrogens with one attached hydrogen (secondary N) is 1. The fraction of sp³-hybridized carbons (Fsp3) is 0.647. The lowest BCUT2D eigenvalue weighted by atomic mass is 10.0. The van der Waals surface area contributed by atoms with Gasteiger partial charge in [0.1, 0.15) is 0 Å².